The predicted molar refractivity (Wildman–Crippen MR) is 62.2 cm³/mol. The van der Waals surface area contributed by atoms with Crippen LogP contribution in [0.4, 0.5) is 0 Å². The summed E-state index contributed by atoms with van der Waals surface area (Å²) in [5.74, 6) is 0. The second kappa shape index (κ2) is 3.94. The minimum atomic E-state index is -0.832. The number of hydrogen-bond acceptors (Lipinski definition) is 1. The van der Waals surface area contributed by atoms with Crippen LogP contribution in [0, 0.1) is 0 Å². The fourth-order valence-electron chi connectivity index (χ4n) is 1.64. The predicted octanol–water partition coefficient (Wildman–Crippen LogP) is 2.31. The van der Waals surface area contributed by atoms with Gasteiger partial charge in [-0.05, 0) is 22.5 Å². The van der Waals surface area contributed by atoms with E-state index < -0.39 is 9.04 Å². The Kier molecular flexibility index (Phi) is 2.66. The first kappa shape index (κ1) is 9.43. The van der Waals surface area contributed by atoms with E-state index in [1.165, 1.54) is 16.0 Å². The molecule has 1 nitrogen and oxygen atoms in total. The molecule has 0 bridgehead atoms. The molecule has 2 aromatic rings. The second-order valence-corrected chi connectivity index (χ2v) is 5.35. The van der Waals surface area contributed by atoms with Gasteiger partial charge in [-0.15, -0.1) is 0 Å². The summed E-state index contributed by atoms with van der Waals surface area (Å²) >= 11 is 0. The van der Waals surface area contributed by atoms with Crippen LogP contribution >= 0.6 is 0 Å². The molecule has 0 saturated carbocycles. The van der Waals surface area contributed by atoms with Gasteiger partial charge in [-0.3, -0.25) is 0 Å². The van der Waals surface area contributed by atoms with Gasteiger partial charge in [-0.25, -0.2) is 0 Å². The molecule has 0 aliphatic rings. The Morgan fingerprint density at radius 1 is 1.00 bits per heavy atom. The lowest BCUT2D eigenvalue weighted by Gasteiger charge is -2.10. The van der Waals surface area contributed by atoms with Gasteiger partial charge in [0, 0.05) is 7.11 Å². The lowest BCUT2D eigenvalue weighted by molar-refractivity contribution is 0.435. The zero-order valence-electron chi connectivity index (χ0n) is 8.45. The van der Waals surface area contributed by atoms with E-state index in [0.29, 0.717) is 0 Å². The molecule has 2 aromatic carbocycles. The van der Waals surface area contributed by atoms with E-state index in [9.17, 15) is 0 Å². The zero-order chi connectivity index (χ0) is 9.97. The third-order valence-corrected chi connectivity index (χ3v) is 4.28. The Morgan fingerprint density at radius 3 is 2.50 bits per heavy atom. The van der Waals surface area contributed by atoms with Crippen LogP contribution in [0.15, 0.2) is 42.5 Å². The van der Waals surface area contributed by atoms with Crippen molar-refractivity contribution in [3.8, 4) is 0 Å². The van der Waals surface area contributed by atoms with E-state index in [-0.39, 0.29) is 0 Å². The van der Waals surface area contributed by atoms with Crippen LogP contribution in [0.2, 0.25) is 6.55 Å². The van der Waals surface area contributed by atoms with E-state index in [2.05, 4.69) is 49.0 Å². The maximum absolute atomic E-state index is 5.45. The van der Waals surface area contributed by atoms with E-state index >= 15 is 0 Å². The van der Waals surface area contributed by atoms with Gasteiger partial charge in [0.15, 0.2) is 0 Å². The van der Waals surface area contributed by atoms with E-state index in [1.54, 1.807) is 7.11 Å². The van der Waals surface area contributed by atoms with Crippen LogP contribution in [-0.4, -0.2) is 16.2 Å². The first-order chi connectivity index (χ1) is 6.83. The smallest absolute Gasteiger partial charge is 0.243 e. The maximum Gasteiger partial charge on any atom is 0.243 e. The van der Waals surface area contributed by atoms with Crippen molar-refractivity contribution < 1.29 is 4.43 Å². The Bertz CT molecular complexity index is 434. The average molecular weight is 201 g/mol. The molecule has 0 unspecified atom stereocenters. The van der Waals surface area contributed by atoms with Crippen LogP contribution < -0.4 is 5.19 Å². The average Bonchev–Trinajstić information content (AvgIpc) is 2.27. The Hall–Kier alpha value is -1.12. The summed E-state index contributed by atoms with van der Waals surface area (Å²) in [5, 5.41) is 3.98. The molecule has 0 amide bonds. The number of hydrogen-bond donors (Lipinski definition) is 0. The van der Waals surface area contributed by atoms with Gasteiger partial charge in [0.05, 0.1) is 0 Å². The molecule has 2 rings (SSSR count). The van der Waals surface area contributed by atoms with Gasteiger partial charge in [0.2, 0.25) is 9.04 Å². The quantitative estimate of drug-likeness (QED) is 0.678. The van der Waals surface area contributed by atoms with E-state index in [1.807, 2.05) is 0 Å². The summed E-state index contributed by atoms with van der Waals surface area (Å²) in [6, 6.07) is 14.9. The molecule has 0 spiro atoms. The fraction of sp³-hybridized carbons (Fsp3) is 0.167. The Labute approximate surface area is 86.1 Å². The van der Waals surface area contributed by atoms with Crippen molar-refractivity contribution in [3.05, 3.63) is 42.5 Å². The van der Waals surface area contributed by atoms with Crippen LogP contribution in [-0.2, 0) is 4.43 Å². The molecule has 0 heterocycles. The van der Waals surface area contributed by atoms with Crippen LogP contribution in [0.1, 0.15) is 0 Å². The third-order valence-electron chi connectivity index (χ3n) is 2.48. The lowest BCUT2D eigenvalue weighted by atomic mass is 10.1. The molecule has 0 aliphatic carbocycles. The Morgan fingerprint density at radius 2 is 1.71 bits per heavy atom. The summed E-state index contributed by atoms with van der Waals surface area (Å²) in [5.41, 5.74) is 0. The molecule has 71 valence electrons. The van der Waals surface area contributed by atoms with Crippen LogP contribution in [0.3, 0.4) is 0 Å². The van der Waals surface area contributed by atoms with Crippen molar-refractivity contribution in [1.82, 2.24) is 0 Å². The summed E-state index contributed by atoms with van der Waals surface area (Å²) in [6.07, 6.45) is 0. The third kappa shape index (κ3) is 1.58. The second-order valence-electron chi connectivity index (χ2n) is 3.29. The molecule has 0 atom stereocenters. The molecule has 0 N–H and O–H groups in total. The summed E-state index contributed by atoms with van der Waals surface area (Å²) < 4.78 is 5.45. The van der Waals surface area contributed by atoms with Gasteiger partial charge in [-0.2, -0.15) is 0 Å². The van der Waals surface area contributed by atoms with Crippen molar-refractivity contribution in [2.45, 2.75) is 6.55 Å². The molecular formula is C12H13OSi. The molecule has 14 heavy (non-hydrogen) atoms. The first-order valence-corrected chi connectivity index (χ1v) is 6.59. The standard InChI is InChI=1S/C12H13OSi/c1-13-14(2)12-9-5-7-10-6-3-4-8-11(10)12/h3-9H,1-2H3. The molecule has 2 heteroatoms. The van der Waals surface area contributed by atoms with Crippen molar-refractivity contribution in [2.75, 3.05) is 7.11 Å². The number of fused-ring (bicyclic) bond motifs is 1. The van der Waals surface area contributed by atoms with Gasteiger partial charge in [-0.1, -0.05) is 42.5 Å². The molecule has 1 radical (unpaired) electrons. The van der Waals surface area contributed by atoms with Gasteiger partial charge in [0.25, 0.3) is 0 Å². The Balaban J connectivity index is 2.65. The highest BCUT2D eigenvalue weighted by atomic mass is 28.3. The normalized spacial score (nSPS) is 11.1. The highest BCUT2D eigenvalue weighted by molar-refractivity contribution is 6.68. The largest absolute Gasteiger partial charge is 0.415 e. The number of benzene rings is 2. The highest BCUT2D eigenvalue weighted by Gasteiger charge is 2.10. The van der Waals surface area contributed by atoms with Crippen molar-refractivity contribution in [3.63, 3.8) is 0 Å². The van der Waals surface area contributed by atoms with Gasteiger partial charge < -0.3 is 4.43 Å². The summed E-state index contributed by atoms with van der Waals surface area (Å²) in [4.78, 5) is 0. The molecule has 0 aliphatic heterocycles. The molecular weight excluding hydrogens is 188 g/mol. The minimum Gasteiger partial charge on any atom is -0.415 e. The van der Waals surface area contributed by atoms with Gasteiger partial charge >= 0.3 is 0 Å². The fourth-order valence-corrected chi connectivity index (χ4v) is 2.80. The molecule has 0 aromatic heterocycles. The SMILES string of the molecule is CO[Si](C)c1cccc2ccccc12. The maximum atomic E-state index is 5.45. The lowest BCUT2D eigenvalue weighted by Crippen LogP contribution is -2.29. The van der Waals surface area contributed by atoms with Crippen LogP contribution in [0.5, 0.6) is 0 Å². The van der Waals surface area contributed by atoms with Crippen LogP contribution in [0.25, 0.3) is 10.8 Å². The zero-order valence-corrected chi connectivity index (χ0v) is 9.45. The topological polar surface area (TPSA) is 9.23 Å². The molecule has 0 fully saturated rings. The van der Waals surface area contributed by atoms with Crippen molar-refractivity contribution >= 4 is 25.0 Å². The van der Waals surface area contributed by atoms with E-state index in [0.717, 1.165) is 0 Å². The first-order valence-electron chi connectivity index (χ1n) is 4.68. The molecule has 0 saturated heterocycles. The van der Waals surface area contributed by atoms with Crippen molar-refractivity contribution in [1.29, 1.82) is 0 Å². The minimum absolute atomic E-state index is 0.832. The monoisotopic (exact) mass is 201 g/mol. The van der Waals surface area contributed by atoms with E-state index in [4.69, 9.17) is 4.43 Å². The van der Waals surface area contributed by atoms with Gasteiger partial charge in [0.1, 0.15) is 0 Å². The number of rotatable bonds is 2. The summed E-state index contributed by atoms with van der Waals surface area (Å²) in [7, 11) is 0.956. The highest BCUT2D eigenvalue weighted by Crippen LogP contribution is 2.11. The summed E-state index contributed by atoms with van der Waals surface area (Å²) in [6.45, 7) is 2.17. The van der Waals surface area contributed by atoms with Crippen molar-refractivity contribution in [2.24, 2.45) is 0 Å².